The predicted molar refractivity (Wildman–Crippen MR) is 125 cm³/mol. The maximum absolute atomic E-state index is 13.4. The summed E-state index contributed by atoms with van der Waals surface area (Å²) in [4.78, 5) is 10.9. The minimum atomic E-state index is -3.12. The summed E-state index contributed by atoms with van der Waals surface area (Å²) < 4.78 is 42.5. The fourth-order valence-electron chi connectivity index (χ4n) is 3.34. The smallest absolute Gasteiger partial charge is 0.161 e. The van der Waals surface area contributed by atoms with E-state index in [2.05, 4.69) is 9.98 Å². The van der Waals surface area contributed by atoms with Crippen molar-refractivity contribution in [3.63, 3.8) is 0 Å². The average molecular weight is 452 g/mol. The lowest BCUT2D eigenvalue weighted by Gasteiger charge is -2.22. The Bertz CT molecular complexity index is 1290. The van der Waals surface area contributed by atoms with Gasteiger partial charge in [-0.15, -0.1) is 0 Å². The van der Waals surface area contributed by atoms with Crippen LogP contribution in [0.25, 0.3) is 0 Å². The Morgan fingerprint density at radius 1 is 1.00 bits per heavy atom. The number of hydrogen-bond donors (Lipinski definition) is 0. The van der Waals surface area contributed by atoms with Gasteiger partial charge in [0.2, 0.25) is 0 Å². The molecule has 0 bridgehead atoms. The van der Waals surface area contributed by atoms with Crippen molar-refractivity contribution in [3.8, 4) is 5.75 Å². The summed E-state index contributed by atoms with van der Waals surface area (Å²) in [5.74, 6) is 0.817. The highest BCUT2D eigenvalue weighted by atomic mass is 32.2. The number of rotatable bonds is 7. The first-order valence-electron chi connectivity index (χ1n) is 9.96. The van der Waals surface area contributed by atoms with Gasteiger partial charge in [0, 0.05) is 11.9 Å². The van der Waals surface area contributed by atoms with E-state index in [0.29, 0.717) is 23.8 Å². The standard InChI is InChI=1S/C24H22FN3O3S/c1-32(29,30)15-19-7-5-9-21(13-19)28-16-26-24(27-17-28)22-10-2-3-11-23(22)31-14-18-6-4-8-20(25)12-18/h2-13,16H,14-15,17H2,1H3. The van der Waals surface area contributed by atoms with Gasteiger partial charge in [-0.2, -0.15) is 0 Å². The quantitative estimate of drug-likeness (QED) is 0.540. The van der Waals surface area contributed by atoms with Crippen LogP contribution in [0.3, 0.4) is 0 Å². The van der Waals surface area contributed by atoms with Gasteiger partial charge in [0.25, 0.3) is 0 Å². The molecule has 0 unspecified atom stereocenters. The Morgan fingerprint density at radius 2 is 1.78 bits per heavy atom. The highest BCUT2D eigenvalue weighted by Crippen LogP contribution is 2.24. The van der Waals surface area contributed by atoms with Gasteiger partial charge in [0.15, 0.2) is 15.7 Å². The van der Waals surface area contributed by atoms with Crippen molar-refractivity contribution in [3.05, 3.63) is 95.3 Å². The van der Waals surface area contributed by atoms with Crippen LogP contribution in [0.2, 0.25) is 0 Å². The van der Waals surface area contributed by atoms with Crippen LogP contribution in [-0.4, -0.2) is 33.5 Å². The molecule has 1 aliphatic rings. The number of hydrogen-bond acceptors (Lipinski definition) is 6. The fraction of sp³-hybridized carbons (Fsp3) is 0.167. The number of nitrogens with zero attached hydrogens (tertiary/aromatic N) is 3. The van der Waals surface area contributed by atoms with Gasteiger partial charge in [-0.1, -0.05) is 36.4 Å². The minimum absolute atomic E-state index is 0.0175. The van der Waals surface area contributed by atoms with E-state index in [1.807, 2.05) is 47.4 Å². The van der Waals surface area contributed by atoms with Crippen LogP contribution in [0.4, 0.5) is 10.1 Å². The second-order valence-electron chi connectivity index (χ2n) is 7.49. The number of sulfone groups is 1. The highest BCUT2D eigenvalue weighted by molar-refractivity contribution is 7.89. The number of halogens is 1. The molecule has 0 saturated carbocycles. The maximum atomic E-state index is 13.4. The molecule has 3 aromatic rings. The van der Waals surface area contributed by atoms with Crippen LogP contribution in [0.1, 0.15) is 16.7 Å². The molecule has 0 spiro atoms. The molecule has 8 heteroatoms. The fourth-order valence-corrected chi connectivity index (χ4v) is 4.13. The van der Waals surface area contributed by atoms with E-state index < -0.39 is 9.84 Å². The molecule has 1 aliphatic heterocycles. The zero-order chi connectivity index (χ0) is 22.6. The number of benzene rings is 3. The first-order valence-corrected chi connectivity index (χ1v) is 12.0. The summed E-state index contributed by atoms with van der Waals surface area (Å²) in [6.07, 6.45) is 2.89. The number of para-hydroxylation sites is 1. The summed E-state index contributed by atoms with van der Waals surface area (Å²) in [5.41, 5.74) is 3.00. The zero-order valence-corrected chi connectivity index (χ0v) is 18.3. The van der Waals surface area contributed by atoms with Crippen LogP contribution in [-0.2, 0) is 22.2 Å². The Morgan fingerprint density at radius 3 is 2.53 bits per heavy atom. The second-order valence-corrected chi connectivity index (χ2v) is 9.63. The largest absolute Gasteiger partial charge is 0.488 e. The van der Waals surface area contributed by atoms with Crippen molar-refractivity contribution < 1.29 is 17.5 Å². The zero-order valence-electron chi connectivity index (χ0n) is 17.5. The van der Waals surface area contributed by atoms with Crippen molar-refractivity contribution in [1.29, 1.82) is 0 Å². The molecule has 0 atom stereocenters. The molecule has 6 nitrogen and oxygen atoms in total. The van der Waals surface area contributed by atoms with E-state index in [-0.39, 0.29) is 18.2 Å². The molecule has 0 fully saturated rings. The first kappa shape index (κ1) is 21.7. The van der Waals surface area contributed by atoms with Crippen LogP contribution in [0.15, 0.2) is 82.8 Å². The highest BCUT2D eigenvalue weighted by Gasteiger charge is 2.15. The van der Waals surface area contributed by atoms with Gasteiger partial charge in [-0.25, -0.2) is 22.8 Å². The van der Waals surface area contributed by atoms with E-state index >= 15 is 0 Å². The Balaban J connectivity index is 1.48. The first-order chi connectivity index (χ1) is 15.4. The molecular formula is C24H22FN3O3S. The van der Waals surface area contributed by atoms with Crippen LogP contribution in [0, 0.1) is 5.82 Å². The van der Waals surface area contributed by atoms with E-state index in [1.54, 1.807) is 24.5 Å². The average Bonchev–Trinajstić information content (AvgIpc) is 2.77. The molecule has 32 heavy (non-hydrogen) atoms. The Labute approximate surface area is 186 Å². The predicted octanol–water partition coefficient (Wildman–Crippen LogP) is 4.20. The molecule has 4 rings (SSSR count). The lowest BCUT2D eigenvalue weighted by molar-refractivity contribution is 0.305. The topological polar surface area (TPSA) is 71.3 Å². The lowest BCUT2D eigenvalue weighted by atomic mass is 10.1. The minimum Gasteiger partial charge on any atom is -0.488 e. The Hall–Kier alpha value is -3.52. The summed E-state index contributed by atoms with van der Waals surface area (Å²) in [6.45, 7) is 0.560. The van der Waals surface area contributed by atoms with Crippen molar-refractivity contribution in [2.24, 2.45) is 9.98 Å². The number of anilines is 1. The van der Waals surface area contributed by atoms with Crippen LogP contribution >= 0.6 is 0 Å². The van der Waals surface area contributed by atoms with Gasteiger partial charge >= 0.3 is 0 Å². The molecule has 0 saturated heterocycles. The van der Waals surface area contributed by atoms with E-state index in [9.17, 15) is 12.8 Å². The molecule has 0 aliphatic carbocycles. The van der Waals surface area contributed by atoms with Gasteiger partial charge < -0.3 is 9.64 Å². The molecular weight excluding hydrogens is 429 g/mol. The summed E-state index contributed by atoms with van der Waals surface area (Å²) in [5, 5.41) is 0. The molecule has 164 valence electrons. The normalized spacial score (nSPS) is 13.7. The van der Waals surface area contributed by atoms with Crippen molar-refractivity contribution >= 4 is 27.7 Å². The number of amidine groups is 1. The third-order valence-corrected chi connectivity index (χ3v) is 5.63. The van der Waals surface area contributed by atoms with Gasteiger partial charge in [-0.3, -0.25) is 0 Å². The van der Waals surface area contributed by atoms with Crippen LogP contribution < -0.4 is 9.64 Å². The van der Waals surface area contributed by atoms with Crippen molar-refractivity contribution in [1.82, 2.24) is 0 Å². The second kappa shape index (κ2) is 9.32. The summed E-state index contributed by atoms with van der Waals surface area (Å²) >= 11 is 0. The number of aliphatic imine (C=N–C) groups is 2. The van der Waals surface area contributed by atoms with Crippen molar-refractivity contribution in [2.75, 3.05) is 17.8 Å². The molecule has 0 amide bonds. The lowest BCUT2D eigenvalue weighted by Crippen LogP contribution is -2.26. The Kier molecular flexibility index (Phi) is 6.32. The van der Waals surface area contributed by atoms with Crippen molar-refractivity contribution in [2.45, 2.75) is 12.4 Å². The molecule has 0 aromatic heterocycles. The van der Waals surface area contributed by atoms with E-state index in [4.69, 9.17) is 4.74 Å². The molecule has 1 heterocycles. The van der Waals surface area contributed by atoms with Gasteiger partial charge in [-0.05, 0) is 47.5 Å². The van der Waals surface area contributed by atoms with E-state index in [1.165, 1.54) is 18.4 Å². The maximum Gasteiger partial charge on any atom is 0.161 e. The van der Waals surface area contributed by atoms with Gasteiger partial charge in [0.05, 0.1) is 17.7 Å². The molecule has 3 aromatic carbocycles. The molecule has 0 N–H and O–H groups in total. The van der Waals surface area contributed by atoms with Crippen LogP contribution in [0.5, 0.6) is 5.75 Å². The molecule has 0 radical (unpaired) electrons. The third-order valence-electron chi connectivity index (χ3n) is 4.77. The summed E-state index contributed by atoms with van der Waals surface area (Å²) in [6, 6.07) is 21.0. The van der Waals surface area contributed by atoms with E-state index in [0.717, 1.165) is 16.8 Å². The number of ether oxygens (including phenoxy) is 1. The summed E-state index contributed by atoms with van der Waals surface area (Å²) in [7, 11) is -3.12. The third kappa shape index (κ3) is 5.59. The van der Waals surface area contributed by atoms with Gasteiger partial charge in [0.1, 0.15) is 24.8 Å². The monoisotopic (exact) mass is 451 g/mol. The SMILES string of the molecule is CS(=O)(=O)Cc1cccc(N2C=NC(c3ccccc3OCc3cccc(F)c3)=NC2)c1.